The van der Waals surface area contributed by atoms with Crippen molar-refractivity contribution in [1.29, 1.82) is 0 Å². The maximum Gasteiger partial charge on any atom is 0.327 e. The number of allylic oxidation sites excluding steroid dienone is 1. The van der Waals surface area contributed by atoms with Crippen LogP contribution in [0.25, 0.3) is 0 Å². The van der Waals surface area contributed by atoms with Crippen LogP contribution in [0.1, 0.15) is 13.8 Å². The first-order valence-corrected chi connectivity index (χ1v) is 8.86. The summed E-state index contributed by atoms with van der Waals surface area (Å²) in [5.74, 6) is -0.806. The highest BCUT2D eigenvalue weighted by Gasteiger charge is 2.17. The van der Waals surface area contributed by atoms with Crippen LogP contribution in [0.4, 0.5) is 0 Å². The summed E-state index contributed by atoms with van der Waals surface area (Å²) < 4.78 is 0. The average Bonchev–Trinajstić information content (AvgIpc) is 2.46. The second-order valence-electron chi connectivity index (χ2n) is 4.16. The van der Waals surface area contributed by atoms with Gasteiger partial charge in [-0.15, -0.1) is 18.3 Å². The summed E-state index contributed by atoms with van der Waals surface area (Å²) in [7, 11) is 0. The molecule has 0 aliphatic carbocycles. The Morgan fingerprint density at radius 3 is 2.26 bits per heavy atom. The van der Waals surface area contributed by atoms with Gasteiger partial charge in [0.05, 0.1) is 0 Å². The van der Waals surface area contributed by atoms with Crippen LogP contribution >= 0.6 is 23.5 Å². The van der Waals surface area contributed by atoms with E-state index in [4.69, 9.17) is 15.9 Å². The van der Waals surface area contributed by atoms with Gasteiger partial charge in [0.25, 0.3) is 0 Å². The van der Waals surface area contributed by atoms with E-state index in [0.717, 1.165) is 0 Å². The molecule has 0 fully saturated rings. The topological polar surface area (TPSA) is 130 Å². The number of nitrogens with one attached hydrogen (secondary N) is 1. The van der Waals surface area contributed by atoms with Gasteiger partial charge in [0.2, 0.25) is 5.91 Å². The van der Waals surface area contributed by atoms with Crippen molar-refractivity contribution in [3.05, 3.63) is 24.1 Å². The van der Waals surface area contributed by atoms with Gasteiger partial charge in [0, 0.05) is 24.2 Å². The molecule has 0 rings (SSSR count). The van der Waals surface area contributed by atoms with Crippen LogP contribution in [-0.2, 0) is 14.4 Å². The first-order chi connectivity index (χ1) is 10.8. The molecule has 0 aromatic rings. The van der Waals surface area contributed by atoms with Crippen molar-refractivity contribution < 1.29 is 24.6 Å². The van der Waals surface area contributed by atoms with Crippen LogP contribution in [0, 0.1) is 0 Å². The van der Waals surface area contributed by atoms with Crippen LogP contribution in [0.3, 0.4) is 0 Å². The third kappa shape index (κ3) is 16.7. The highest BCUT2D eigenvalue weighted by atomic mass is 32.2. The zero-order valence-electron chi connectivity index (χ0n) is 13.2. The van der Waals surface area contributed by atoms with Crippen molar-refractivity contribution in [3.63, 3.8) is 0 Å². The molecule has 0 spiro atoms. The maximum absolute atomic E-state index is 10.6. The van der Waals surface area contributed by atoms with Crippen LogP contribution in [0.5, 0.6) is 0 Å². The number of amides is 1. The van der Waals surface area contributed by atoms with Crippen molar-refractivity contribution >= 4 is 41.4 Å². The standard InChI is InChI=1S/C8H13NO3S.C6H11NO2S/c1-3-4-13-5-7(8(11)12)9-6(2)10;1-2-3-10-4-5(7)6(8)9/h3,7H,1,4-5H2,2H3,(H,9,10)(H,11,12);2-3,5H,4,7H2,1H3,(H,8,9). The second-order valence-corrected chi connectivity index (χ2v) is 6.18. The van der Waals surface area contributed by atoms with E-state index < -0.39 is 24.0 Å². The molecule has 0 bridgehead atoms. The number of hydrogen-bond donors (Lipinski definition) is 4. The third-order valence-corrected chi connectivity index (χ3v) is 4.08. The molecule has 7 nitrogen and oxygen atoms in total. The molecule has 23 heavy (non-hydrogen) atoms. The SMILES string of the molecule is C=CCSCC(NC(C)=O)C(=O)O.CC=CSCC(N)C(=O)O. The molecule has 0 aliphatic rings. The summed E-state index contributed by atoms with van der Waals surface area (Å²) in [5, 5.41) is 21.2. The Morgan fingerprint density at radius 2 is 1.87 bits per heavy atom. The lowest BCUT2D eigenvalue weighted by molar-refractivity contribution is -0.140. The van der Waals surface area contributed by atoms with Crippen LogP contribution in [0.15, 0.2) is 24.1 Å². The number of thioether (sulfide) groups is 2. The van der Waals surface area contributed by atoms with Gasteiger partial charge >= 0.3 is 11.9 Å². The van der Waals surface area contributed by atoms with Gasteiger partial charge < -0.3 is 21.3 Å². The highest BCUT2D eigenvalue weighted by Crippen LogP contribution is 2.03. The molecule has 0 radical (unpaired) electrons. The smallest absolute Gasteiger partial charge is 0.327 e. The molecular formula is C14H24N2O5S2. The number of nitrogens with two attached hydrogens (primary N) is 1. The van der Waals surface area contributed by atoms with Crippen molar-refractivity contribution in [3.8, 4) is 0 Å². The number of carboxylic acid groups (broad SMARTS) is 2. The number of carboxylic acids is 2. The summed E-state index contributed by atoms with van der Waals surface area (Å²) in [6.07, 6.45) is 3.54. The molecule has 0 saturated carbocycles. The van der Waals surface area contributed by atoms with E-state index in [0.29, 0.717) is 17.3 Å². The molecule has 9 heteroatoms. The van der Waals surface area contributed by atoms with Crippen molar-refractivity contribution in [2.24, 2.45) is 5.73 Å². The molecule has 2 atom stereocenters. The monoisotopic (exact) mass is 364 g/mol. The summed E-state index contributed by atoms with van der Waals surface area (Å²) in [6.45, 7) is 6.68. The van der Waals surface area contributed by atoms with Gasteiger partial charge in [-0.2, -0.15) is 11.8 Å². The van der Waals surface area contributed by atoms with Crippen molar-refractivity contribution in [2.45, 2.75) is 25.9 Å². The summed E-state index contributed by atoms with van der Waals surface area (Å²) >= 11 is 2.82. The van der Waals surface area contributed by atoms with Crippen LogP contribution in [0.2, 0.25) is 0 Å². The molecule has 132 valence electrons. The van der Waals surface area contributed by atoms with Gasteiger partial charge in [-0.3, -0.25) is 9.59 Å². The Morgan fingerprint density at radius 1 is 1.26 bits per heavy atom. The number of rotatable bonds is 10. The Balaban J connectivity index is 0. The van der Waals surface area contributed by atoms with Crippen molar-refractivity contribution in [1.82, 2.24) is 5.32 Å². The largest absolute Gasteiger partial charge is 0.480 e. The third-order valence-electron chi connectivity index (χ3n) is 2.02. The van der Waals surface area contributed by atoms with Crippen molar-refractivity contribution in [2.75, 3.05) is 17.3 Å². The number of carbonyl (C=O) groups excluding carboxylic acids is 1. The Kier molecular flexibility index (Phi) is 16.0. The Bertz CT molecular complexity index is 416. The minimum atomic E-state index is -1.01. The molecule has 0 aromatic heterocycles. The van der Waals surface area contributed by atoms with Gasteiger partial charge in [0.15, 0.2) is 0 Å². The zero-order valence-corrected chi connectivity index (χ0v) is 14.9. The summed E-state index contributed by atoms with van der Waals surface area (Å²) in [5.41, 5.74) is 5.20. The number of hydrogen-bond acceptors (Lipinski definition) is 6. The summed E-state index contributed by atoms with van der Waals surface area (Å²) in [6, 6.07) is -1.55. The predicted molar refractivity (Wildman–Crippen MR) is 95.6 cm³/mol. The fourth-order valence-electron chi connectivity index (χ4n) is 1.02. The predicted octanol–water partition coefficient (Wildman–Crippen LogP) is 1.16. The lowest BCUT2D eigenvalue weighted by Gasteiger charge is -2.11. The van der Waals surface area contributed by atoms with E-state index in [2.05, 4.69) is 11.9 Å². The fraction of sp³-hybridized carbons (Fsp3) is 0.500. The molecule has 0 aliphatic heterocycles. The Labute approximate surface area is 144 Å². The number of carbonyl (C=O) groups is 3. The molecular weight excluding hydrogens is 340 g/mol. The minimum Gasteiger partial charge on any atom is -0.480 e. The molecule has 1 amide bonds. The zero-order chi connectivity index (χ0) is 18.3. The second kappa shape index (κ2) is 15.4. The molecule has 5 N–H and O–H groups in total. The van der Waals surface area contributed by atoms with Gasteiger partial charge in [0.1, 0.15) is 12.1 Å². The quantitative estimate of drug-likeness (QED) is 0.336. The Hall–Kier alpha value is -1.45. The molecule has 0 heterocycles. The first kappa shape index (κ1) is 23.8. The molecule has 0 aromatic carbocycles. The lowest BCUT2D eigenvalue weighted by Crippen LogP contribution is -2.41. The van der Waals surface area contributed by atoms with E-state index in [1.165, 1.54) is 30.4 Å². The first-order valence-electron chi connectivity index (χ1n) is 6.65. The van der Waals surface area contributed by atoms with E-state index in [1.807, 2.05) is 18.4 Å². The average molecular weight is 364 g/mol. The van der Waals surface area contributed by atoms with Crippen LogP contribution in [-0.4, -0.2) is 57.4 Å². The van der Waals surface area contributed by atoms with E-state index in [9.17, 15) is 14.4 Å². The van der Waals surface area contributed by atoms with Gasteiger partial charge in [-0.1, -0.05) is 12.2 Å². The molecule has 0 saturated heterocycles. The van der Waals surface area contributed by atoms with E-state index >= 15 is 0 Å². The summed E-state index contributed by atoms with van der Waals surface area (Å²) in [4.78, 5) is 31.3. The van der Waals surface area contributed by atoms with E-state index in [-0.39, 0.29) is 5.91 Å². The molecule has 2 unspecified atom stereocenters. The fourth-order valence-corrected chi connectivity index (χ4v) is 2.43. The van der Waals surface area contributed by atoms with Crippen LogP contribution < -0.4 is 11.1 Å². The number of aliphatic carboxylic acids is 2. The van der Waals surface area contributed by atoms with Gasteiger partial charge in [-0.25, -0.2) is 4.79 Å². The normalized spacial score (nSPS) is 12.7. The minimum absolute atomic E-state index is 0.327. The maximum atomic E-state index is 10.6. The lowest BCUT2D eigenvalue weighted by atomic mass is 10.3. The van der Waals surface area contributed by atoms with Gasteiger partial charge in [-0.05, 0) is 12.3 Å². The van der Waals surface area contributed by atoms with E-state index in [1.54, 1.807) is 6.08 Å². The highest BCUT2D eigenvalue weighted by molar-refractivity contribution is 8.02.